The Bertz CT molecular complexity index is 214. The predicted molar refractivity (Wildman–Crippen MR) is 35.4 cm³/mol. The van der Waals surface area contributed by atoms with Gasteiger partial charge in [-0.2, -0.15) is 5.48 Å². The average molecular weight is 139 g/mol. The number of hydrogen-bond acceptors (Lipinski definition) is 4. The summed E-state index contributed by atoms with van der Waals surface area (Å²) in [7, 11) is 0. The minimum absolute atomic E-state index is 0.364. The summed E-state index contributed by atoms with van der Waals surface area (Å²) in [5.74, 6) is 0.716. The Morgan fingerprint density at radius 1 is 1.70 bits per heavy atom. The van der Waals surface area contributed by atoms with Gasteiger partial charge in [-0.3, -0.25) is 0 Å². The summed E-state index contributed by atoms with van der Waals surface area (Å²) < 4.78 is 0. The summed E-state index contributed by atoms with van der Waals surface area (Å²) in [6.07, 6.45) is 1.66. The van der Waals surface area contributed by atoms with E-state index < -0.39 is 0 Å². The molecule has 2 N–H and O–H groups in total. The molecule has 0 saturated heterocycles. The topological polar surface area (TPSA) is 58.0 Å². The minimum atomic E-state index is 0.364. The van der Waals surface area contributed by atoms with E-state index in [4.69, 9.17) is 5.21 Å². The fourth-order valence-corrected chi connectivity index (χ4v) is 0.685. The predicted octanol–water partition coefficient (Wildman–Crippen LogP) is 0.264. The largest absolute Gasteiger partial charge is 0.316 e. The van der Waals surface area contributed by atoms with Gasteiger partial charge >= 0.3 is 0 Å². The molecule has 0 saturated carbocycles. The van der Waals surface area contributed by atoms with Gasteiger partial charge < -0.3 is 5.21 Å². The van der Waals surface area contributed by atoms with E-state index in [-0.39, 0.29) is 0 Å². The smallest absolute Gasteiger partial charge is 0.125 e. The number of nitrogens with zero attached hydrogens (tertiary/aromatic N) is 2. The summed E-state index contributed by atoms with van der Waals surface area (Å²) >= 11 is 0. The van der Waals surface area contributed by atoms with Crippen LogP contribution in [0, 0.1) is 6.92 Å². The van der Waals surface area contributed by atoms with Crippen LogP contribution in [0.3, 0.4) is 0 Å². The Morgan fingerprint density at radius 2 is 2.50 bits per heavy atom. The Labute approximate surface area is 58.9 Å². The van der Waals surface area contributed by atoms with Crippen LogP contribution in [-0.2, 0) is 6.54 Å². The van der Waals surface area contributed by atoms with E-state index in [9.17, 15) is 0 Å². The van der Waals surface area contributed by atoms with Crippen LogP contribution in [0.25, 0.3) is 0 Å². The fourth-order valence-electron chi connectivity index (χ4n) is 0.685. The zero-order valence-corrected chi connectivity index (χ0v) is 5.70. The Balaban J connectivity index is 2.75. The van der Waals surface area contributed by atoms with E-state index in [1.807, 2.05) is 5.48 Å². The van der Waals surface area contributed by atoms with E-state index in [0.717, 1.165) is 5.69 Å². The van der Waals surface area contributed by atoms with Crippen molar-refractivity contribution in [2.24, 2.45) is 0 Å². The lowest BCUT2D eigenvalue weighted by molar-refractivity contribution is 0.160. The maximum Gasteiger partial charge on any atom is 0.125 e. The third-order valence-electron chi connectivity index (χ3n) is 1.09. The molecule has 0 aliphatic carbocycles. The first-order valence-electron chi connectivity index (χ1n) is 2.98. The second kappa shape index (κ2) is 3.24. The molecule has 10 heavy (non-hydrogen) atoms. The Kier molecular flexibility index (Phi) is 2.30. The lowest BCUT2D eigenvalue weighted by Crippen LogP contribution is -2.08. The summed E-state index contributed by atoms with van der Waals surface area (Å²) in [6, 6.07) is 1.75. The molecular formula is C6H9N3O. The number of nitrogens with one attached hydrogen (secondary N) is 1. The van der Waals surface area contributed by atoms with E-state index >= 15 is 0 Å². The van der Waals surface area contributed by atoms with Gasteiger partial charge in [-0.1, -0.05) is 0 Å². The summed E-state index contributed by atoms with van der Waals surface area (Å²) in [5.41, 5.74) is 2.81. The molecule has 1 rings (SSSR count). The van der Waals surface area contributed by atoms with E-state index in [0.29, 0.717) is 12.4 Å². The van der Waals surface area contributed by atoms with Crippen LogP contribution in [0.1, 0.15) is 11.5 Å². The van der Waals surface area contributed by atoms with Gasteiger partial charge in [-0.15, -0.1) is 0 Å². The molecule has 1 heterocycles. The van der Waals surface area contributed by atoms with E-state index in [2.05, 4.69) is 9.97 Å². The fraction of sp³-hybridized carbons (Fsp3) is 0.333. The normalized spacial score (nSPS) is 9.80. The first-order valence-corrected chi connectivity index (χ1v) is 2.98. The van der Waals surface area contributed by atoms with Crippen molar-refractivity contribution in [3.8, 4) is 0 Å². The van der Waals surface area contributed by atoms with Crippen LogP contribution >= 0.6 is 0 Å². The molecule has 1 aromatic heterocycles. The second-order valence-electron chi connectivity index (χ2n) is 1.93. The van der Waals surface area contributed by atoms with E-state index in [1.165, 1.54) is 0 Å². The standard InChI is InChI=1S/C6H9N3O/c1-5-7-3-2-6(9-5)4-8-10/h2-3,8,10H,4H2,1H3. The molecule has 0 aliphatic rings. The quantitative estimate of drug-likeness (QED) is 0.577. The van der Waals surface area contributed by atoms with Crippen molar-refractivity contribution in [1.82, 2.24) is 15.4 Å². The molecule has 4 heteroatoms. The maximum atomic E-state index is 8.30. The van der Waals surface area contributed by atoms with Crippen LogP contribution in [0.2, 0.25) is 0 Å². The first-order chi connectivity index (χ1) is 4.83. The second-order valence-corrected chi connectivity index (χ2v) is 1.93. The third kappa shape index (κ3) is 1.75. The van der Waals surface area contributed by atoms with Gasteiger partial charge in [0.15, 0.2) is 0 Å². The van der Waals surface area contributed by atoms with Gasteiger partial charge in [0.2, 0.25) is 0 Å². The van der Waals surface area contributed by atoms with Gasteiger partial charge in [-0.05, 0) is 13.0 Å². The molecule has 1 aromatic rings. The monoisotopic (exact) mass is 139 g/mol. The molecule has 0 bridgehead atoms. The zero-order valence-electron chi connectivity index (χ0n) is 5.70. The van der Waals surface area contributed by atoms with Gasteiger partial charge in [0, 0.05) is 6.20 Å². The number of hydroxylamine groups is 1. The lowest BCUT2D eigenvalue weighted by atomic mass is 10.4. The van der Waals surface area contributed by atoms with Gasteiger partial charge in [0.05, 0.1) is 12.2 Å². The molecule has 0 fully saturated rings. The molecule has 4 nitrogen and oxygen atoms in total. The van der Waals surface area contributed by atoms with Crippen molar-refractivity contribution < 1.29 is 5.21 Å². The Morgan fingerprint density at radius 3 is 3.10 bits per heavy atom. The highest BCUT2D eigenvalue weighted by molar-refractivity contribution is 5.00. The van der Waals surface area contributed by atoms with Crippen LogP contribution in [-0.4, -0.2) is 15.2 Å². The van der Waals surface area contributed by atoms with Crippen molar-refractivity contribution in [3.63, 3.8) is 0 Å². The van der Waals surface area contributed by atoms with Crippen molar-refractivity contribution >= 4 is 0 Å². The highest BCUT2D eigenvalue weighted by Gasteiger charge is 1.91. The summed E-state index contributed by atoms with van der Waals surface area (Å²) in [4.78, 5) is 7.93. The van der Waals surface area contributed by atoms with Gasteiger partial charge in [-0.25, -0.2) is 9.97 Å². The lowest BCUT2D eigenvalue weighted by Gasteiger charge is -1.96. The molecule has 54 valence electrons. The maximum absolute atomic E-state index is 8.30. The molecule has 0 atom stereocenters. The number of rotatable bonds is 2. The zero-order chi connectivity index (χ0) is 7.40. The number of hydrogen-bond donors (Lipinski definition) is 2. The van der Waals surface area contributed by atoms with Crippen LogP contribution in [0.5, 0.6) is 0 Å². The molecule has 0 spiro atoms. The molecule has 0 aliphatic heterocycles. The molecule has 0 unspecified atom stereocenters. The molecule has 0 amide bonds. The van der Waals surface area contributed by atoms with Crippen LogP contribution in [0.4, 0.5) is 0 Å². The van der Waals surface area contributed by atoms with Crippen LogP contribution < -0.4 is 5.48 Å². The number of aromatic nitrogens is 2. The van der Waals surface area contributed by atoms with Crippen molar-refractivity contribution in [2.45, 2.75) is 13.5 Å². The third-order valence-corrected chi connectivity index (χ3v) is 1.09. The van der Waals surface area contributed by atoms with Gasteiger partial charge in [0.25, 0.3) is 0 Å². The molecular weight excluding hydrogens is 130 g/mol. The molecule has 0 aromatic carbocycles. The SMILES string of the molecule is Cc1nccc(CNO)n1. The summed E-state index contributed by atoms with van der Waals surface area (Å²) in [5, 5.41) is 8.30. The number of aryl methyl sites for hydroxylation is 1. The summed E-state index contributed by atoms with van der Waals surface area (Å²) in [6.45, 7) is 2.17. The minimum Gasteiger partial charge on any atom is -0.316 e. The molecule has 0 radical (unpaired) electrons. The van der Waals surface area contributed by atoms with Crippen molar-refractivity contribution in [2.75, 3.05) is 0 Å². The average Bonchev–Trinajstić information content (AvgIpc) is 1.88. The highest BCUT2D eigenvalue weighted by Crippen LogP contribution is 1.92. The van der Waals surface area contributed by atoms with Gasteiger partial charge in [0.1, 0.15) is 5.82 Å². The Hall–Kier alpha value is -1.00. The first kappa shape index (κ1) is 7.11. The van der Waals surface area contributed by atoms with Crippen molar-refractivity contribution in [1.29, 1.82) is 0 Å². The van der Waals surface area contributed by atoms with Crippen LogP contribution in [0.15, 0.2) is 12.3 Å². The van der Waals surface area contributed by atoms with Crippen molar-refractivity contribution in [3.05, 3.63) is 23.8 Å². The van der Waals surface area contributed by atoms with E-state index in [1.54, 1.807) is 19.2 Å². The highest BCUT2D eigenvalue weighted by atomic mass is 16.5.